The molecule has 0 unspecified atom stereocenters. The van der Waals surface area contributed by atoms with Crippen molar-refractivity contribution in [2.24, 2.45) is 0 Å². The normalized spacial score (nSPS) is 11.7. The minimum atomic E-state index is -3.06. The predicted octanol–water partition coefficient (Wildman–Crippen LogP) is 1.88. The third-order valence-electron chi connectivity index (χ3n) is 1.94. The summed E-state index contributed by atoms with van der Waals surface area (Å²) >= 11 is 1.33. The van der Waals surface area contributed by atoms with Crippen molar-refractivity contribution in [3.8, 4) is 6.07 Å². The Hall–Kier alpha value is -0.930. The van der Waals surface area contributed by atoms with Gasteiger partial charge >= 0.3 is 0 Å². The van der Waals surface area contributed by atoms with Gasteiger partial charge < -0.3 is 0 Å². The van der Waals surface area contributed by atoms with E-state index in [1.807, 2.05) is 13.8 Å². The highest BCUT2D eigenvalue weighted by Gasteiger charge is 2.16. The van der Waals surface area contributed by atoms with Gasteiger partial charge in [-0.1, -0.05) is 13.8 Å². The smallest absolute Gasteiger partial charge is 0.153 e. The van der Waals surface area contributed by atoms with E-state index >= 15 is 0 Å². The highest BCUT2D eigenvalue weighted by atomic mass is 32.2. The summed E-state index contributed by atoms with van der Waals surface area (Å²) in [6.45, 7) is 3.97. The number of nitrogens with zero attached hydrogens (tertiary/aromatic N) is 2. The lowest BCUT2D eigenvalue weighted by atomic mass is 10.1. The second kappa shape index (κ2) is 4.93. The fraction of sp³-hybridized carbons (Fsp3) is 0.600. The van der Waals surface area contributed by atoms with Crippen molar-refractivity contribution in [3.63, 3.8) is 0 Å². The predicted molar refractivity (Wildman–Crippen MR) is 64.1 cm³/mol. The fourth-order valence-corrected chi connectivity index (χ4v) is 3.69. The Kier molecular flexibility index (Phi) is 4.05. The number of thiazole rings is 1. The van der Waals surface area contributed by atoms with E-state index in [1.165, 1.54) is 17.6 Å². The van der Waals surface area contributed by atoms with E-state index in [0.717, 1.165) is 10.6 Å². The lowest BCUT2D eigenvalue weighted by Gasteiger charge is -2.00. The first-order valence-corrected chi connectivity index (χ1v) is 7.74. The molecule has 0 spiro atoms. The lowest BCUT2D eigenvalue weighted by Crippen LogP contribution is -2.00. The van der Waals surface area contributed by atoms with Crippen LogP contribution in [0.15, 0.2) is 0 Å². The first-order valence-electron chi connectivity index (χ1n) is 4.86. The Morgan fingerprint density at radius 3 is 2.56 bits per heavy atom. The molecule has 1 aromatic rings. The van der Waals surface area contributed by atoms with Gasteiger partial charge in [0.15, 0.2) is 9.84 Å². The van der Waals surface area contributed by atoms with Crippen LogP contribution in [0.4, 0.5) is 0 Å². The molecule has 1 aromatic heterocycles. The summed E-state index contributed by atoms with van der Waals surface area (Å²) in [4.78, 5) is 5.19. The third kappa shape index (κ3) is 3.58. The molecule has 0 radical (unpaired) electrons. The Labute approximate surface area is 99.9 Å². The molecule has 0 fully saturated rings. The summed E-state index contributed by atoms with van der Waals surface area (Å²) in [5, 5.41) is 9.26. The molecule has 0 aromatic carbocycles. The molecule has 0 amide bonds. The first-order chi connectivity index (χ1) is 7.33. The summed E-state index contributed by atoms with van der Waals surface area (Å²) in [7, 11) is -3.06. The molecule has 0 aliphatic heterocycles. The maximum atomic E-state index is 11.2. The van der Waals surface area contributed by atoms with E-state index in [1.54, 1.807) is 0 Å². The van der Waals surface area contributed by atoms with Crippen molar-refractivity contribution in [2.45, 2.75) is 31.9 Å². The summed E-state index contributed by atoms with van der Waals surface area (Å²) < 4.78 is 22.3. The van der Waals surface area contributed by atoms with Gasteiger partial charge in [0, 0.05) is 11.1 Å². The molecular formula is C10H14N2O2S2. The van der Waals surface area contributed by atoms with E-state index in [4.69, 9.17) is 5.26 Å². The zero-order chi connectivity index (χ0) is 12.3. The average Bonchev–Trinajstić information content (AvgIpc) is 2.45. The summed E-state index contributed by atoms with van der Waals surface area (Å²) in [5.74, 6) is 0.177. The third-order valence-corrected chi connectivity index (χ3v) is 4.00. The Morgan fingerprint density at radius 2 is 2.12 bits per heavy atom. The van der Waals surface area contributed by atoms with Gasteiger partial charge in [0.25, 0.3) is 0 Å². The van der Waals surface area contributed by atoms with Gasteiger partial charge in [0.1, 0.15) is 10.8 Å². The molecule has 1 rings (SSSR count). The lowest BCUT2D eigenvalue weighted by molar-refractivity contribution is 0.601. The molecule has 4 nitrogen and oxygen atoms in total. The van der Waals surface area contributed by atoms with Crippen LogP contribution in [-0.4, -0.2) is 19.7 Å². The molecule has 0 N–H and O–H groups in total. The minimum Gasteiger partial charge on any atom is -0.245 e. The number of hydrogen-bond acceptors (Lipinski definition) is 5. The van der Waals surface area contributed by atoms with E-state index in [0.29, 0.717) is 11.4 Å². The van der Waals surface area contributed by atoms with Crippen molar-refractivity contribution < 1.29 is 8.42 Å². The molecule has 6 heteroatoms. The molecule has 0 bridgehead atoms. The van der Waals surface area contributed by atoms with E-state index in [9.17, 15) is 8.42 Å². The molecule has 0 saturated carbocycles. The minimum absolute atomic E-state index is 0.0389. The summed E-state index contributed by atoms with van der Waals surface area (Å²) in [6, 6.07) is 2.08. The van der Waals surface area contributed by atoms with Crippen LogP contribution in [0.25, 0.3) is 0 Å². The van der Waals surface area contributed by atoms with Crippen molar-refractivity contribution >= 4 is 21.2 Å². The molecular weight excluding hydrogens is 244 g/mol. The molecule has 0 aliphatic carbocycles. The van der Waals surface area contributed by atoms with Crippen molar-refractivity contribution in [1.82, 2.24) is 4.98 Å². The van der Waals surface area contributed by atoms with E-state index < -0.39 is 9.84 Å². The van der Waals surface area contributed by atoms with Gasteiger partial charge in [-0.3, -0.25) is 0 Å². The summed E-state index contributed by atoms with van der Waals surface area (Å²) in [5.41, 5.74) is 0.852. The largest absolute Gasteiger partial charge is 0.245 e. The molecule has 16 heavy (non-hydrogen) atoms. The topological polar surface area (TPSA) is 70.8 Å². The average molecular weight is 258 g/mol. The van der Waals surface area contributed by atoms with Crippen LogP contribution in [0.1, 0.15) is 35.3 Å². The fourth-order valence-electron chi connectivity index (χ4n) is 1.35. The standard InChI is InChI=1S/C10H14N2O2S2/c1-7(2)10-8(4-5-11)15-9(12-10)6-16(3,13)14/h7H,4,6H2,1-3H3. The Bertz CT molecular complexity index is 509. The van der Waals surface area contributed by atoms with Crippen molar-refractivity contribution in [3.05, 3.63) is 15.6 Å². The van der Waals surface area contributed by atoms with Crippen LogP contribution in [0.3, 0.4) is 0 Å². The van der Waals surface area contributed by atoms with Crippen LogP contribution >= 0.6 is 11.3 Å². The van der Waals surface area contributed by atoms with Gasteiger partial charge in [-0.25, -0.2) is 13.4 Å². The first kappa shape index (κ1) is 13.1. The molecule has 0 saturated heterocycles. The maximum absolute atomic E-state index is 11.2. The highest BCUT2D eigenvalue weighted by molar-refractivity contribution is 7.90. The van der Waals surface area contributed by atoms with Crippen LogP contribution in [0, 0.1) is 11.3 Å². The van der Waals surface area contributed by atoms with Gasteiger partial charge in [0.2, 0.25) is 0 Å². The van der Waals surface area contributed by atoms with E-state index in [2.05, 4.69) is 11.1 Å². The number of rotatable bonds is 4. The van der Waals surface area contributed by atoms with Gasteiger partial charge in [-0.15, -0.1) is 11.3 Å². The number of sulfone groups is 1. The highest BCUT2D eigenvalue weighted by Crippen LogP contribution is 2.26. The SMILES string of the molecule is CC(C)c1nc(CS(C)(=O)=O)sc1CC#N. The molecule has 88 valence electrons. The van der Waals surface area contributed by atoms with Crippen LogP contribution in [0.5, 0.6) is 0 Å². The second-order valence-electron chi connectivity index (χ2n) is 3.98. The molecule has 0 atom stereocenters. The van der Waals surface area contributed by atoms with Crippen LogP contribution < -0.4 is 0 Å². The van der Waals surface area contributed by atoms with Crippen molar-refractivity contribution in [2.75, 3.05) is 6.26 Å². The molecule has 1 heterocycles. The second-order valence-corrected chi connectivity index (χ2v) is 7.28. The Balaban J connectivity index is 3.07. The molecule has 0 aliphatic rings. The number of hydrogen-bond donors (Lipinski definition) is 0. The van der Waals surface area contributed by atoms with Gasteiger partial charge in [-0.05, 0) is 5.92 Å². The van der Waals surface area contributed by atoms with Crippen LogP contribution in [-0.2, 0) is 22.0 Å². The van der Waals surface area contributed by atoms with E-state index in [-0.39, 0.29) is 11.7 Å². The number of aromatic nitrogens is 1. The van der Waals surface area contributed by atoms with Gasteiger partial charge in [0.05, 0.1) is 18.2 Å². The summed E-state index contributed by atoms with van der Waals surface area (Å²) in [6.07, 6.45) is 1.49. The Morgan fingerprint density at radius 1 is 1.50 bits per heavy atom. The zero-order valence-corrected chi connectivity index (χ0v) is 11.2. The quantitative estimate of drug-likeness (QED) is 0.826. The van der Waals surface area contributed by atoms with Crippen molar-refractivity contribution in [1.29, 1.82) is 5.26 Å². The van der Waals surface area contributed by atoms with Gasteiger partial charge in [-0.2, -0.15) is 5.26 Å². The number of nitriles is 1. The zero-order valence-electron chi connectivity index (χ0n) is 9.52. The monoisotopic (exact) mass is 258 g/mol. The maximum Gasteiger partial charge on any atom is 0.153 e. The van der Waals surface area contributed by atoms with Crippen LogP contribution in [0.2, 0.25) is 0 Å².